The maximum absolute atomic E-state index is 11.4. The van der Waals surface area contributed by atoms with E-state index in [4.69, 9.17) is 5.26 Å². The Labute approximate surface area is 107 Å². The number of hydrogen-bond donors (Lipinski definition) is 2. The van der Waals surface area contributed by atoms with E-state index in [9.17, 15) is 4.79 Å². The van der Waals surface area contributed by atoms with Crippen LogP contribution >= 0.6 is 0 Å². The van der Waals surface area contributed by atoms with E-state index < -0.39 is 0 Å². The highest BCUT2D eigenvalue weighted by atomic mass is 16.2. The number of rotatable bonds is 5. The second kappa shape index (κ2) is 5.54. The van der Waals surface area contributed by atoms with E-state index in [1.165, 1.54) is 0 Å². The molecule has 1 amide bonds. The standard InChI is InChI=1S/C14H17N3O/c1-10-2-5-13(12(8-10)9-15)16-6-7-17-14(18)11-3-4-11/h2,5,8,11,16H,3-4,6-7H2,1H3,(H,17,18). The van der Waals surface area contributed by atoms with Crippen molar-refractivity contribution in [3.8, 4) is 6.07 Å². The zero-order chi connectivity index (χ0) is 13.0. The highest BCUT2D eigenvalue weighted by molar-refractivity contribution is 5.80. The average molecular weight is 243 g/mol. The van der Waals surface area contributed by atoms with Crippen molar-refractivity contribution in [3.63, 3.8) is 0 Å². The lowest BCUT2D eigenvalue weighted by Crippen LogP contribution is -2.29. The Morgan fingerprint density at radius 3 is 2.89 bits per heavy atom. The van der Waals surface area contributed by atoms with E-state index in [0.29, 0.717) is 18.7 Å². The van der Waals surface area contributed by atoms with Crippen molar-refractivity contribution in [2.75, 3.05) is 18.4 Å². The fourth-order valence-electron chi connectivity index (χ4n) is 1.78. The maximum Gasteiger partial charge on any atom is 0.223 e. The minimum atomic E-state index is 0.154. The molecule has 1 aromatic rings. The largest absolute Gasteiger partial charge is 0.382 e. The summed E-state index contributed by atoms with van der Waals surface area (Å²) in [4.78, 5) is 11.4. The van der Waals surface area contributed by atoms with Crippen LogP contribution in [0.15, 0.2) is 18.2 Å². The Balaban J connectivity index is 1.79. The molecule has 0 spiro atoms. The molecule has 4 heteroatoms. The lowest BCUT2D eigenvalue weighted by atomic mass is 10.1. The van der Waals surface area contributed by atoms with Gasteiger partial charge in [0.2, 0.25) is 5.91 Å². The number of nitrogens with one attached hydrogen (secondary N) is 2. The van der Waals surface area contributed by atoms with E-state index in [2.05, 4.69) is 16.7 Å². The second-order valence-electron chi connectivity index (χ2n) is 4.65. The molecule has 0 unspecified atom stereocenters. The predicted octanol–water partition coefficient (Wildman–Crippen LogP) is 1.80. The Bertz CT molecular complexity index is 486. The first kappa shape index (κ1) is 12.4. The second-order valence-corrected chi connectivity index (χ2v) is 4.65. The van der Waals surface area contributed by atoms with Crippen molar-refractivity contribution in [1.29, 1.82) is 5.26 Å². The molecule has 0 bridgehead atoms. The first-order valence-corrected chi connectivity index (χ1v) is 6.23. The number of carbonyl (C=O) groups is 1. The van der Waals surface area contributed by atoms with Crippen LogP contribution in [0.2, 0.25) is 0 Å². The minimum absolute atomic E-state index is 0.154. The number of benzene rings is 1. The predicted molar refractivity (Wildman–Crippen MR) is 70.1 cm³/mol. The number of nitriles is 1. The van der Waals surface area contributed by atoms with Crippen LogP contribution in [-0.2, 0) is 4.79 Å². The number of hydrogen-bond acceptors (Lipinski definition) is 3. The van der Waals surface area contributed by atoms with Crippen LogP contribution in [0.4, 0.5) is 5.69 Å². The number of nitrogens with zero attached hydrogens (tertiary/aromatic N) is 1. The summed E-state index contributed by atoms with van der Waals surface area (Å²) in [6, 6.07) is 7.88. The third kappa shape index (κ3) is 3.24. The lowest BCUT2D eigenvalue weighted by molar-refractivity contribution is -0.122. The SMILES string of the molecule is Cc1ccc(NCCNC(=O)C2CC2)c(C#N)c1. The van der Waals surface area contributed by atoms with Crippen molar-refractivity contribution in [1.82, 2.24) is 5.32 Å². The number of carbonyl (C=O) groups excluding carboxylic acids is 1. The summed E-state index contributed by atoms with van der Waals surface area (Å²) in [5, 5.41) is 15.1. The molecule has 18 heavy (non-hydrogen) atoms. The van der Waals surface area contributed by atoms with Gasteiger partial charge in [0.1, 0.15) is 6.07 Å². The summed E-state index contributed by atoms with van der Waals surface area (Å²) in [6.45, 7) is 3.19. The number of aryl methyl sites for hydroxylation is 1. The summed E-state index contributed by atoms with van der Waals surface area (Å²) in [7, 11) is 0. The van der Waals surface area contributed by atoms with E-state index in [1.807, 2.05) is 25.1 Å². The Kier molecular flexibility index (Phi) is 3.83. The van der Waals surface area contributed by atoms with Crippen LogP contribution < -0.4 is 10.6 Å². The summed E-state index contributed by atoms with van der Waals surface area (Å²) in [6.07, 6.45) is 2.05. The first-order valence-electron chi connectivity index (χ1n) is 6.23. The molecule has 0 saturated heterocycles. The van der Waals surface area contributed by atoms with E-state index >= 15 is 0 Å². The normalized spacial score (nSPS) is 13.8. The molecule has 94 valence electrons. The van der Waals surface area contributed by atoms with E-state index in [1.54, 1.807) is 0 Å². The fraction of sp³-hybridized carbons (Fsp3) is 0.429. The van der Waals surface area contributed by atoms with Crippen LogP contribution in [-0.4, -0.2) is 19.0 Å². The molecule has 4 nitrogen and oxygen atoms in total. The smallest absolute Gasteiger partial charge is 0.223 e. The molecular weight excluding hydrogens is 226 g/mol. The Morgan fingerprint density at radius 1 is 1.44 bits per heavy atom. The zero-order valence-corrected chi connectivity index (χ0v) is 10.5. The Morgan fingerprint density at radius 2 is 2.22 bits per heavy atom. The summed E-state index contributed by atoms with van der Waals surface area (Å²) in [5.41, 5.74) is 2.53. The topological polar surface area (TPSA) is 64.9 Å². The maximum atomic E-state index is 11.4. The van der Waals surface area contributed by atoms with Crippen LogP contribution in [0.3, 0.4) is 0 Å². The highest BCUT2D eigenvalue weighted by Crippen LogP contribution is 2.28. The first-order chi connectivity index (χ1) is 8.70. The third-order valence-corrected chi connectivity index (χ3v) is 2.98. The molecule has 1 aromatic carbocycles. The molecule has 2 rings (SSSR count). The quantitative estimate of drug-likeness (QED) is 0.775. The van der Waals surface area contributed by atoms with Gasteiger partial charge < -0.3 is 10.6 Å². The molecule has 1 aliphatic carbocycles. The van der Waals surface area contributed by atoms with Crippen LogP contribution in [0, 0.1) is 24.2 Å². The summed E-state index contributed by atoms with van der Waals surface area (Å²) in [5.74, 6) is 0.403. The minimum Gasteiger partial charge on any atom is -0.382 e. The van der Waals surface area contributed by atoms with E-state index in [-0.39, 0.29) is 11.8 Å². The van der Waals surface area contributed by atoms with Gasteiger partial charge in [-0.05, 0) is 37.5 Å². The monoisotopic (exact) mass is 243 g/mol. The average Bonchev–Trinajstić information content (AvgIpc) is 3.19. The van der Waals surface area contributed by atoms with Gasteiger partial charge in [0.05, 0.1) is 11.3 Å². The molecule has 0 radical (unpaired) electrons. The zero-order valence-electron chi connectivity index (χ0n) is 10.5. The van der Waals surface area contributed by atoms with Crippen molar-refractivity contribution < 1.29 is 4.79 Å². The fourth-order valence-corrected chi connectivity index (χ4v) is 1.78. The third-order valence-electron chi connectivity index (χ3n) is 2.98. The Hall–Kier alpha value is -2.02. The van der Waals surface area contributed by atoms with Gasteiger partial charge >= 0.3 is 0 Å². The molecule has 0 atom stereocenters. The molecule has 0 aromatic heterocycles. The van der Waals surface area contributed by atoms with Gasteiger partial charge in [0, 0.05) is 19.0 Å². The molecule has 0 heterocycles. The summed E-state index contributed by atoms with van der Waals surface area (Å²) >= 11 is 0. The van der Waals surface area contributed by atoms with Crippen molar-refractivity contribution >= 4 is 11.6 Å². The van der Waals surface area contributed by atoms with Gasteiger partial charge in [-0.1, -0.05) is 6.07 Å². The van der Waals surface area contributed by atoms with Gasteiger partial charge in [-0.15, -0.1) is 0 Å². The van der Waals surface area contributed by atoms with Crippen LogP contribution in [0.25, 0.3) is 0 Å². The van der Waals surface area contributed by atoms with Crippen molar-refractivity contribution in [2.24, 2.45) is 5.92 Å². The van der Waals surface area contributed by atoms with Gasteiger partial charge in [-0.2, -0.15) is 5.26 Å². The number of amides is 1. The molecule has 1 aliphatic rings. The van der Waals surface area contributed by atoms with Crippen molar-refractivity contribution in [2.45, 2.75) is 19.8 Å². The van der Waals surface area contributed by atoms with Crippen LogP contribution in [0.1, 0.15) is 24.0 Å². The molecule has 1 saturated carbocycles. The molecule has 2 N–H and O–H groups in total. The van der Waals surface area contributed by atoms with Gasteiger partial charge in [0.15, 0.2) is 0 Å². The van der Waals surface area contributed by atoms with E-state index in [0.717, 1.165) is 24.1 Å². The van der Waals surface area contributed by atoms with Gasteiger partial charge in [-0.25, -0.2) is 0 Å². The molecule has 0 aliphatic heterocycles. The van der Waals surface area contributed by atoms with Crippen molar-refractivity contribution in [3.05, 3.63) is 29.3 Å². The van der Waals surface area contributed by atoms with Crippen LogP contribution in [0.5, 0.6) is 0 Å². The lowest BCUT2D eigenvalue weighted by Gasteiger charge is -2.09. The summed E-state index contributed by atoms with van der Waals surface area (Å²) < 4.78 is 0. The molecular formula is C14H17N3O. The molecule has 1 fully saturated rings. The van der Waals surface area contributed by atoms with Gasteiger partial charge in [0.25, 0.3) is 0 Å². The van der Waals surface area contributed by atoms with Gasteiger partial charge in [-0.3, -0.25) is 4.79 Å². The highest BCUT2D eigenvalue weighted by Gasteiger charge is 2.28. The number of anilines is 1.